The van der Waals surface area contributed by atoms with Crippen molar-refractivity contribution in [1.29, 1.82) is 0 Å². The van der Waals surface area contributed by atoms with Crippen LogP contribution in [0.15, 0.2) is 0 Å². The number of piperazine rings is 1. The first-order valence-electron chi connectivity index (χ1n) is 4.38. The van der Waals surface area contributed by atoms with Crippen molar-refractivity contribution >= 4 is 5.91 Å². The molecule has 1 fully saturated rings. The van der Waals surface area contributed by atoms with E-state index in [4.69, 9.17) is 0 Å². The van der Waals surface area contributed by atoms with Crippen molar-refractivity contribution in [2.24, 2.45) is 5.84 Å². The zero-order valence-corrected chi connectivity index (χ0v) is 7.72. The summed E-state index contributed by atoms with van der Waals surface area (Å²) in [6.45, 7) is 1.80. The van der Waals surface area contributed by atoms with E-state index >= 15 is 0 Å². The summed E-state index contributed by atoms with van der Waals surface area (Å²) in [6, 6.07) is 0. The Balaban J connectivity index is 2.44. The summed E-state index contributed by atoms with van der Waals surface area (Å²) in [7, 11) is 0. The summed E-state index contributed by atoms with van der Waals surface area (Å²) in [5.41, 5.74) is 1.46. The van der Waals surface area contributed by atoms with Crippen LogP contribution in [0.3, 0.4) is 0 Å². The lowest BCUT2D eigenvalue weighted by Crippen LogP contribution is -2.53. The predicted molar refractivity (Wildman–Crippen MR) is 46.6 cm³/mol. The van der Waals surface area contributed by atoms with E-state index in [0.717, 1.165) is 0 Å². The van der Waals surface area contributed by atoms with Crippen molar-refractivity contribution in [3.63, 3.8) is 0 Å². The summed E-state index contributed by atoms with van der Waals surface area (Å²) in [4.78, 5) is 12.2. The summed E-state index contributed by atoms with van der Waals surface area (Å²) >= 11 is 0. The number of carbonyl (C=O) groups is 1. The molecule has 0 saturated carbocycles. The van der Waals surface area contributed by atoms with Crippen LogP contribution in [0.25, 0.3) is 0 Å². The molecule has 82 valence electrons. The zero-order valence-electron chi connectivity index (χ0n) is 7.72. The number of nitrogens with zero attached hydrogens (tertiary/aromatic N) is 1. The second kappa shape index (κ2) is 4.63. The molecule has 1 saturated heterocycles. The fourth-order valence-corrected chi connectivity index (χ4v) is 1.33. The van der Waals surface area contributed by atoms with E-state index in [-0.39, 0.29) is 0 Å². The average molecular weight is 208 g/mol. The van der Waals surface area contributed by atoms with Crippen LogP contribution in [-0.2, 0) is 4.79 Å². The molecule has 0 aromatic heterocycles. The van der Waals surface area contributed by atoms with Gasteiger partial charge in [0.2, 0.25) is 0 Å². The largest absolute Gasteiger partial charge is 0.338 e. The molecule has 5 nitrogen and oxygen atoms in total. The Morgan fingerprint density at radius 3 is 2.57 bits per heavy atom. The molecule has 0 spiro atoms. The highest BCUT2D eigenvalue weighted by Crippen LogP contribution is 2.15. The molecule has 1 rings (SSSR count). The molecule has 1 aliphatic heterocycles. The van der Waals surface area contributed by atoms with Gasteiger partial charge in [-0.15, -0.1) is 0 Å². The average Bonchev–Trinajstić information content (AvgIpc) is 2.17. The second-order valence-corrected chi connectivity index (χ2v) is 3.20. The van der Waals surface area contributed by atoms with Crippen molar-refractivity contribution in [3.05, 3.63) is 0 Å². The Morgan fingerprint density at radius 2 is 2.07 bits per heavy atom. The van der Waals surface area contributed by atoms with Gasteiger partial charge >= 0.3 is 11.8 Å². The predicted octanol–water partition coefficient (Wildman–Crippen LogP) is -1.48. The Bertz CT molecular complexity index is 206. The van der Waals surface area contributed by atoms with E-state index in [1.54, 1.807) is 0 Å². The number of alkyl halides is 2. The third-order valence-electron chi connectivity index (χ3n) is 2.10. The Hall–Kier alpha value is -0.790. The summed E-state index contributed by atoms with van der Waals surface area (Å²) in [6.07, 6.45) is 0. The van der Waals surface area contributed by atoms with Gasteiger partial charge in [0.15, 0.2) is 0 Å². The molecule has 7 heteroatoms. The first-order chi connectivity index (χ1) is 6.56. The number of hydrogen-bond acceptors (Lipinski definition) is 4. The van der Waals surface area contributed by atoms with Crippen molar-refractivity contribution in [1.82, 2.24) is 15.6 Å². The molecule has 0 aliphatic carbocycles. The van der Waals surface area contributed by atoms with Crippen LogP contribution in [0.2, 0.25) is 0 Å². The highest BCUT2D eigenvalue weighted by molar-refractivity contribution is 5.82. The van der Waals surface area contributed by atoms with E-state index in [0.29, 0.717) is 26.2 Å². The SMILES string of the molecule is NNC(=O)C(F)(F)CN1CCNCC1. The van der Waals surface area contributed by atoms with Gasteiger partial charge in [0.05, 0.1) is 6.54 Å². The molecule has 0 aromatic rings. The number of rotatable bonds is 3. The molecule has 0 bridgehead atoms. The van der Waals surface area contributed by atoms with Gasteiger partial charge in [-0.3, -0.25) is 15.1 Å². The first-order valence-corrected chi connectivity index (χ1v) is 4.38. The number of nitrogens with two attached hydrogens (primary N) is 1. The Labute approximate surface area is 80.6 Å². The Kier molecular flexibility index (Phi) is 3.73. The highest BCUT2D eigenvalue weighted by atomic mass is 19.3. The lowest BCUT2D eigenvalue weighted by molar-refractivity contribution is -0.148. The first kappa shape index (κ1) is 11.3. The minimum Gasteiger partial charge on any atom is -0.314 e. The van der Waals surface area contributed by atoms with Gasteiger partial charge in [0, 0.05) is 26.2 Å². The third-order valence-corrected chi connectivity index (χ3v) is 2.10. The molecule has 0 atom stereocenters. The molecule has 1 aliphatic rings. The van der Waals surface area contributed by atoms with E-state index in [9.17, 15) is 13.6 Å². The van der Waals surface area contributed by atoms with E-state index in [1.165, 1.54) is 10.3 Å². The van der Waals surface area contributed by atoms with Gasteiger partial charge in [-0.2, -0.15) is 8.78 Å². The normalized spacial score (nSPS) is 19.4. The zero-order chi connectivity index (χ0) is 10.6. The van der Waals surface area contributed by atoms with Crippen molar-refractivity contribution < 1.29 is 13.6 Å². The van der Waals surface area contributed by atoms with E-state index < -0.39 is 18.4 Å². The molecule has 14 heavy (non-hydrogen) atoms. The topological polar surface area (TPSA) is 70.4 Å². The summed E-state index contributed by atoms with van der Waals surface area (Å²) in [5.74, 6) is -0.192. The molecule has 4 N–H and O–H groups in total. The van der Waals surface area contributed by atoms with E-state index in [2.05, 4.69) is 11.2 Å². The van der Waals surface area contributed by atoms with Crippen molar-refractivity contribution in [2.75, 3.05) is 32.7 Å². The maximum atomic E-state index is 13.0. The van der Waals surface area contributed by atoms with Crippen LogP contribution in [0, 0.1) is 0 Å². The molecule has 0 radical (unpaired) electrons. The van der Waals surface area contributed by atoms with Crippen molar-refractivity contribution in [2.45, 2.75) is 5.92 Å². The number of halogens is 2. The number of carbonyl (C=O) groups excluding carboxylic acids is 1. The van der Waals surface area contributed by atoms with Crippen LogP contribution >= 0.6 is 0 Å². The van der Waals surface area contributed by atoms with Gasteiger partial charge < -0.3 is 5.32 Å². The van der Waals surface area contributed by atoms with Gasteiger partial charge in [0.25, 0.3) is 0 Å². The second-order valence-electron chi connectivity index (χ2n) is 3.20. The van der Waals surface area contributed by atoms with Crippen molar-refractivity contribution in [3.8, 4) is 0 Å². The van der Waals surface area contributed by atoms with Gasteiger partial charge in [0.1, 0.15) is 0 Å². The number of nitrogens with one attached hydrogen (secondary N) is 2. The van der Waals surface area contributed by atoms with Crippen LogP contribution in [0.1, 0.15) is 0 Å². The van der Waals surface area contributed by atoms with E-state index in [1.807, 2.05) is 0 Å². The lowest BCUT2D eigenvalue weighted by atomic mass is 10.2. The highest BCUT2D eigenvalue weighted by Gasteiger charge is 2.40. The van der Waals surface area contributed by atoms with Crippen LogP contribution in [0.5, 0.6) is 0 Å². The molecule has 1 heterocycles. The van der Waals surface area contributed by atoms with Gasteiger partial charge in [-0.05, 0) is 0 Å². The number of hydrogen-bond donors (Lipinski definition) is 3. The molecule has 0 unspecified atom stereocenters. The number of amides is 1. The number of hydrazine groups is 1. The fraction of sp³-hybridized carbons (Fsp3) is 0.857. The summed E-state index contributed by atoms with van der Waals surface area (Å²) in [5, 5.41) is 3.03. The minimum absolute atomic E-state index is 0.521. The standard InChI is InChI=1S/C7H14F2N4O/c8-7(9,6(14)12-10)5-13-3-1-11-2-4-13/h11H,1-5,10H2,(H,12,14). The maximum absolute atomic E-state index is 13.0. The lowest BCUT2D eigenvalue weighted by Gasteiger charge is -2.29. The molecule has 1 amide bonds. The molecular formula is C7H14F2N4O. The van der Waals surface area contributed by atoms with Gasteiger partial charge in [-0.1, -0.05) is 0 Å². The monoisotopic (exact) mass is 208 g/mol. The van der Waals surface area contributed by atoms with Crippen LogP contribution in [0.4, 0.5) is 8.78 Å². The van der Waals surface area contributed by atoms with Crippen LogP contribution in [-0.4, -0.2) is 49.5 Å². The minimum atomic E-state index is -3.41. The van der Waals surface area contributed by atoms with Gasteiger partial charge in [-0.25, -0.2) is 5.84 Å². The molecular weight excluding hydrogens is 194 g/mol. The fourth-order valence-electron chi connectivity index (χ4n) is 1.33. The molecule has 0 aromatic carbocycles. The third kappa shape index (κ3) is 2.86. The Morgan fingerprint density at radius 1 is 1.50 bits per heavy atom. The van der Waals surface area contributed by atoms with Crippen LogP contribution < -0.4 is 16.6 Å². The maximum Gasteiger partial charge on any atom is 0.338 e. The quantitative estimate of drug-likeness (QED) is 0.300. The summed E-state index contributed by atoms with van der Waals surface area (Å²) < 4.78 is 26.1. The smallest absolute Gasteiger partial charge is 0.314 e.